The van der Waals surface area contributed by atoms with Crippen molar-refractivity contribution in [3.05, 3.63) is 53.9 Å². The number of nitrogens with zero attached hydrogens (tertiary/aromatic N) is 2. The Morgan fingerprint density at radius 2 is 2.00 bits per heavy atom. The van der Waals surface area contributed by atoms with Gasteiger partial charge in [-0.15, -0.1) is 0 Å². The summed E-state index contributed by atoms with van der Waals surface area (Å²) in [5.74, 6) is -0.213. The molecule has 0 unspecified atom stereocenters. The number of benzene rings is 1. The van der Waals surface area contributed by atoms with Gasteiger partial charge in [0.1, 0.15) is 17.6 Å². The molecule has 0 atom stereocenters. The highest BCUT2D eigenvalue weighted by Gasteiger charge is 2.10. The van der Waals surface area contributed by atoms with E-state index in [1.54, 1.807) is 24.4 Å². The normalized spacial score (nSPS) is 9.65. The molecule has 0 aliphatic heterocycles. The van der Waals surface area contributed by atoms with Crippen molar-refractivity contribution in [2.24, 2.45) is 0 Å². The van der Waals surface area contributed by atoms with Crippen LogP contribution in [0.5, 0.6) is 5.75 Å². The zero-order valence-electron chi connectivity index (χ0n) is 14.0. The molecule has 0 amide bonds. The molecule has 1 aromatic carbocycles. The van der Waals surface area contributed by atoms with E-state index in [0.717, 1.165) is 30.5 Å². The average molecular weight is 312 g/mol. The molecule has 0 bridgehead atoms. The summed E-state index contributed by atoms with van der Waals surface area (Å²) >= 11 is 0. The van der Waals surface area contributed by atoms with E-state index in [4.69, 9.17) is 0 Å². The van der Waals surface area contributed by atoms with E-state index in [2.05, 4.69) is 19.6 Å². The molecule has 0 saturated carbocycles. The fourth-order valence-corrected chi connectivity index (χ4v) is 2.24. The van der Waals surface area contributed by atoms with Gasteiger partial charge in [-0.2, -0.15) is 5.26 Å². The summed E-state index contributed by atoms with van der Waals surface area (Å²) < 4.78 is 1.81. The van der Waals surface area contributed by atoms with Crippen molar-refractivity contribution in [1.29, 1.82) is 5.26 Å². The van der Waals surface area contributed by atoms with Crippen molar-refractivity contribution >= 4 is 5.76 Å². The first-order chi connectivity index (χ1) is 11.1. The van der Waals surface area contributed by atoms with Crippen LogP contribution in [-0.2, 0) is 6.42 Å². The summed E-state index contributed by atoms with van der Waals surface area (Å²) in [5, 5.41) is 28.4. The maximum Gasteiger partial charge on any atom is 0.128 e. The summed E-state index contributed by atoms with van der Waals surface area (Å²) in [7, 11) is 0. The van der Waals surface area contributed by atoms with Gasteiger partial charge in [-0.3, -0.25) is 0 Å². The quantitative estimate of drug-likeness (QED) is 0.767. The van der Waals surface area contributed by atoms with E-state index in [0.29, 0.717) is 11.1 Å². The van der Waals surface area contributed by atoms with Crippen molar-refractivity contribution in [2.45, 2.75) is 40.0 Å². The van der Waals surface area contributed by atoms with Crippen LogP contribution in [0.15, 0.2) is 37.2 Å². The summed E-state index contributed by atoms with van der Waals surface area (Å²) in [6, 6.07) is 7.11. The van der Waals surface area contributed by atoms with Gasteiger partial charge in [-0.1, -0.05) is 33.8 Å². The van der Waals surface area contributed by atoms with E-state index in [1.807, 2.05) is 24.6 Å². The van der Waals surface area contributed by atoms with Crippen molar-refractivity contribution in [1.82, 2.24) is 4.57 Å². The number of nitriles is 1. The van der Waals surface area contributed by atoms with Crippen molar-refractivity contribution in [3.8, 4) is 17.5 Å². The van der Waals surface area contributed by atoms with Crippen LogP contribution < -0.4 is 0 Å². The Labute approximate surface area is 137 Å². The summed E-state index contributed by atoms with van der Waals surface area (Å²) in [6.07, 6.45) is 6.64. The second-order valence-electron chi connectivity index (χ2n) is 4.97. The Kier molecular flexibility index (Phi) is 6.95. The molecule has 1 aromatic heterocycles. The van der Waals surface area contributed by atoms with Crippen LogP contribution >= 0.6 is 0 Å². The summed E-state index contributed by atoms with van der Waals surface area (Å²) in [4.78, 5) is 0. The van der Waals surface area contributed by atoms with Gasteiger partial charge >= 0.3 is 0 Å². The van der Waals surface area contributed by atoms with Crippen LogP contribution in [0.4, 0.5) is 0 Å². The molecule has 1 heterocycles. The molecule has 2 N–H and O–H groups in total. The molecule has 0 spiro atoms. The Morgan fingerprint density at radius 3 is 2.52 bits per heavy atom. The lowest BCUT2D eigenvalue weighted by atomic mass is 10.1. The predicted octanol–water partition coefficient (Wildman–Crippen LogP) is 4.95. The van der Waals surface area contributed by atoms with E-state index in [-0.39, 0.29) is 11.5 Å². The first-order valence-electron chi connectivity index (χ1n) is 7.89. The highest BCUT2D eigenvalue weighted by molar-refractivity contribution is 5.64. The Morgan fingerprint density at radius 1 is 1.30 bits per heavy atom. The first-order valence-corrected chi connectivity index (χ1v) is 7.89. The molecule has 2 aromatic rings. The minimum Gasteiger partial charge on any atom is -0.508 e. The molecule has 0 aliphatic carbocycles. The maximum absolute atomic E-state index is 9.90. The number of unbranched alkanes of at least 4 members (excludes halogenated alkanes) is 1. The maximum atomic E-state index is 9.90. The van der Waals surface area contributed by atoms with Gasteiger partial charge in [0.2, 0.25) is 0 Å². The summed E-state index contributed by atoms with van der Waals surface area (Å²) in [5.41, 5.74) is 2.70. The van der Waals surface area contributed by atoms with E-state index in [9.17, 15) is 15.5 Å². The Hall–Kier alpha value is -2.67. The number of aryl methyl sites for hydroxylation is 1. The van der Waals surface area contributed by atoms with Gasteiger partial charge in [0.15, 0.2) is 0 Å². The fraction of sp³-hybridized carbons (Fsp3) is 0.316. The second kappa shape index (κ2) is 8.70. The number of aromatic nitrogens is 1. The number of rotatable bonds is 5. The van der Waals surface area contributed by atoms with Crippen LogP contribution in [0.2, 0.25) is 0 Å². The standard InChI is InChI=1S/C17H18N2O2.C2H6/c1-3-4-5-13-10-19(11-14(13)9-18)15-6-7-16(12(2)20)17(21)8-15;1-2/h6-8,10-11,20-21H,2-5H2,1H3;1-2H3. The van der Waals surface area contributed by atoms with Crippen LogP contribution in [0.1, 0.15) is 50.3 Å². The van der Waals surface area contributed by atoms with Gasteiger partial charge in [0.25, 0.3) is 0 Å². The topological polar surface area (TPSA) is 69.2 Å². The molecule has 0 saturated heterocycles. The molecular formula is C19H24N2O2. The van der Waals surface area contributed by atoms with E-state index < -0.39 is 0 Å². The van der Waals surface area contributed by atoms with Gasteiger partial charge in [0.05, 0.1) is 11.1 Å². The fourth-order valence-electron chi connectivity index (χ4n) is 2.24. The number of aromatic hydroxyl groups is 1. The minimum absolute atomic E-state index is 0.0395. The number of aliphatic hydroxyl groups excluding tert-OH is 1. The Bertz CT molecular complexity index is 709. The minimum atomic E-state index is -0.173. The van der Waals surface area contributed by atoms with Crippen LogP contribution in [0.3, 0.4) is 0 Å². The van der Waals surface area contributed by atoms with Gasteiger partial charge in [-0.05, 0) is 30.5 Å². The molecule has 0 aliphatic rings. The van der Waals surface area contributed by atoms with E-state index in [1.165, 1.54) is 0 Å². The van der Waals surface area contributed by atoms with E-state index >= 15 is 0 Å². The third-order valence-corrected chi connectivity index (χ3v) is 3.42. The lowest BCUT2D eigenvalue weighted by Crippen LogP contribution is -1.92. The van der Waals surface area contributed by atoms with Crippen molar-refractivity contribution < 1.29 is 10.2 Å². The van der Waals surface area contributed by atoms with Gasteiger partial charge < -0.3 is 14.8 Å². The zero-order valence-corrected chi connectivity index (χ0v) is 14.0. The largest absolute Gasteiger partial charge is 0.508 e. The number of phenols is 1. The first kappa shape index (κ1) is 18.4. The average Bonchev–Trinajstić information content (AvgIpc) is 2.97. The molecule has 2 rings (SSSR count). The molecule has 23 heavy (non-hydrogen) atoms. The monoisotopic (exact) mass is 312 g/mol. The second-order valence-corrected chi connectivity index (χ2v) is 4.97. The summed E-state index contributed by atoms with van der Waals surface area (Å²) in [6.45, 7) is 9.51. The van der Waals surface area contributed by atoms with Crippen molar-refractivity contribution in [2.75, 3.05) is 0 Å². The van der Waals surface area contributed by atoms with Crippen LogP contribution in [-0.4, -0.2) is 14.8 Å². The number of aliphatic hydroxyl groups is 1. The Balaban J connectivity index is 0.00000127. The molecule has 122 valence electrons. The van der Waals surface area contributed by atoms with Crippen molar-refractivity contribution in [3.63, 3.8) is 0 Å². The predicted molar refractivity (Wildman–Crippen MR) is 93.8 cm³/mol. The smallest absolute Gasteiger partial charge is 0.128 e. The number of phenolic OH excluding ortho intramolecular Hbond substituents is 1. The molecule has 4 nitrogen and oxygen atoms in total. The van der Waals surface area contributed by atoms with Gasteiger partial charge in [-0.25, -0.2) is 0 Å². The van der Waals surface area contributed by atoms with Gasteiger partial charge in [0, 0.05) is 24.1 Å². The number of hydrogen-bond acceptors (Lipinski definition) is 3. The lowest BCUT2D eigenvalue weighted by molar-refractivity contribution is 0.460. The number of hydrogen-bond donors (Lipinski definition) is 2. The third kappa shape index (κ3) is 4.40. The SMILES string of the molecule is C=C(O)c1ccc(-n2cc(C#N)c(CCCC)c2)cc1O.CC. The molecule has 0 radical (unpaired) electrons. The molecule has 4 heteroatoms. The zero-order chi connectivity index (χ0) is 17.4. The highest BCUT2D eigenvalue weighted by Crippen LogP contribution is 2.26. The van der Waals surface area contributed by atoms with Crippen LogP contribution in [0, 0.1) is 11.3 Å². The third-order valence-electron chi connectivity index (χ3n) is 3.42. The lowest BCUT2D eigenvalue weighted by Gasteiger charge is -2.07. The van der Waals surface area contributed by atoms with Crippen LogP contribution in [0.25, 0.3) is 11.4 Å². The molecule has 0 fully saturated rings. The molecular weight excluding hydrogens is 288 g/mol. The highest BCUT2D eigenvalue weighted by atomic mass is 16.3.